The van der Waals surface area contributed by atoms with Gasteiger partial charge in [-0.3, -0.25) is 9.89 Å². The number of ether oxygens (including phenoxy) is 1. The quantitative estimate of drug-likeness (QED) is 0.741. The van der Waals surface area contributed by atoms with Gasteiger partial charge in [0.15, 0.2) is 0 Å². The molecule has 0 saturated heterocycles. The predicted octanol–water partition coefficient (Wildman–Crippen LogP) is 4.12. The fourth-order valence-electron chi connectivity index (χ4n) is 3.06. The third-order valence-corrected chi connectivity index (χ3v) is 4.49. The minimum absolute atomic E-state index is 0.0213. The average molecular weight is 354 g/mol. The normalized spacial score (nSPS) is 16.2. The molecule has 6 heteroatoms. The largest absolute Gasteiger partial charge is 0.489 e. The van der Waals surface area contributed by atoms with Crippen molar-refractivity contribution in [2.45, 2.75) is 18.9 Å². The molecule has 1 aliphatic rings. The lowest BCUT2D eigenvalue weighted by Crippen LogP contribution is -2.22. The number of hydrogen-bond donors (Lipinski definition) is 2. The van der Waals surface area contributed by atoms with E-state index in [0.717, 1.165) is 22.4 Å². The van der Waals surface area contributed by atoms with Crippen LogP contribution in [0, 0.1) is 0 Å². The van der Waals surface area contributed by atoms with Crippen molar-refractivity contribution < 1.29 is 9.53 Å². The zero-order chi connectivity index (χ0) is 17.2. The standard InChI is InChI=1S/C19H16ClN3O2/c20-14-5-1-3-12(7-14)11-25-15-6-2-4-13(8-15)16-9-18(24)22-19-17(16)10-21-23-19/h1-8,10,16H,9,11H2,(H2,21,22,23,24)/t16-/m1/s1. The van der Waals surface area contributed by atoms with E-state index in [1.165, 1.54) is 0 Å². The van der Waals surface area contributed by atoms with Crippen molar-refractivity contribution >= 4 is 23.3 Å². The maximum Gasteiger partial charge on any atom is 0.226 e. The van der Waals surface area contributed by atoms with Gasteiger partial charge in [-0.25, -0.2) is 0 Å². The summed E-state index contributed by atoms with van der Waals surface area (Å²) in [6.07, 6.45) is 2.16. The van der Waals surface area contributed by atoms with E-state index in [1.807, 2.05) is 48.5 Å². The fraction of sp³-hybridized carbons (Fsp3) is 0.158. The summed E-state index contributed by atoms with van der Waals surface area (Å²) in [4.78, 5) is 11.9. The van der Waals surface area contributed by atoms with Gasteiger partial charge in [0, 0.05) is 22.9 Å². The van der Waals surface area contributed by atoms with Crippen molar-refractivity contribution in [3.8, 4) is 5.75 Å². The number of hydrogen-bond acceptors (Lipinski definition) is 3. The molecule has 1 atom stereocenters. The Morgan fingerprint density at radius 2 is 2.08 bits per heavy atom. The van der Waals surface area contributed by atoms with E-state index in [0.29, 0.717) is 23.9 Å². The summed E-state index contributed by atoms with van der Waals surface area (Å²) in [6.45, 7) is 0.437. The summed E-state index contributed by atoms with van der Waals surface area (Å²) in [5.74, 6) is 1.38. The zero-order valence-corrected chi connectivity index (χ0v) is 14.1. The van der Waals surface area contributed by atoms with Gasteiger partial charge in [-0.2, -0.15) is 5.10 Å². The molecule has 2 N–H and O–H groups in total. The minimum Gasteiger partial charge on any atom is -0.489 e. The van der Waals surface area contributed by atoms with Crippen LogP contribution in [0.2, 0.25) is 5.02 Å². The monoisotopic (exact) mass is 353 g/mol. The number of carbonyl (C=O) groups is 1. The molecule has 0 unspecified atom stereocenters. The molecule has 0 fully saturated rings. The Bertz CT molecular complexity index is 922. The Labute approximate surface area is 150 Å². The molecular formula is C19H16ClN3O2. The van der Waals surface area contributed by atoms with Gasteiger partial charge in [0.1, 0.15) is 18.2 Å². The number of fused-ring (bicyclic) bond motifs is 1. The van der Waals surface area contributed by atoms with E-state index >= 15 is 0 Å². The van der Waals surface area contributed by atoms with Crippen molar-refractivity contribution in [1.82, 2.24) is 10.2 Å². The lowest BCUT2D eigenvalue weighted by Gasteiger charge is -2.22. The highest BCUT2D eigenvalue weighted by molar-refractivity contribution is 6.30. The molecular weight excluding hydrogens is 338 g/mol. The second-order valence-corrected chi connectivity index (χ2v) is 6.43. The lowest BCUT2D eigenvalue weighted by molar-refractivity contribution is -0.116. The first-order chi connectivity index (χ1) is 12.2. The Balaban J connectivity index is 1.55. The molecule has 1 aliphatic heterocycles. The molecule has 25 heavy (non-hydrogen) atoms. The van der Waals surface area contributed by atoms with Crippen molar-refractivity contribution in [3.63, 3.8) is 0 Å². The smallest absolute Gasteiger partial charge is 0.226 e. The first-order valence-electron chi connectivity index (χ1n) is 7.99. The van der Waals surface area contributed by atoms with Crippen LogP contribution < -0.4 is 10.1 Å². The first-order valence-corrected chi connectivity index (χ1v) is 8.37. The van der Waals surface area contributed by atoms with Crippen molar-refractivity contribution in [1.29, 1.82) is 0 Å². The molecule has 0 aliphatic carbocycles. The Hall–Kier alpha value is -2.79. The summed E-state index contributed by atoms with van der Waals surface area (Å²) in [7, 11) is 0. The minimum atomic E-state index is -0.0304. The molecule has 0 radical (unpaired) electrons. The summed E-state index contributed by atoms with van der Waals surface area (Å²) in [6, 6.07) is 15.4. The van der Waals surface area contributed by atoms with Gasteiger partial charge < -0.3 is 10.1 Å². The second-order valence-electron chi connectivity index (χ2n) is 6.00. The lowest BCUT2D eigenvalue weighted by atomic mass is 9.87. The van der Waals surface area contributed by atoms with E-state index < -0.39 is 0 Å². The number of anilines is 1. The number of H-pyrrole nitrogens is 1. The van der Waals surface area contributed by atoms with E-state index in [4.69, 9.17) is 16.3 Å². The molecule has 1 aromatic heterocycles. The van der Waals surface area contributed by atoms with Crippen LogP contribution in [-0.2, 0) is 11.4 Å². The maximum atomic E-state index is 11.9. The Morgan fingerprint density at radius 3 is 2.96 bits per heavy atom. The van der Waals surface area contributed by atoms with Crippen LogP contribution >= 0.6 is 11.6 Å². The number of carbonyl (C=O) groups excluding carboxylic acids is 1. The van der Waals surface area contributed by atoms with E-state index in [-0.39, 0.29) is 11.8 Å². The molecule has 126 valence electrons. The van der Waals surface area contributed by atoms with Crippen LogP contribution in [0.3, 0.4) is 0 Å². The van der Waals surface area contributed by atoms with Gasteiger partial charge in [-0.05, 0) is 35.4 Å². The maximum absolute atomic E-state index is 11.9. The molecule has 0 bridgehead atoms. The van der Waals surface area contributed by atoms with E-state index in [1.54, 1.807) is 6.20 Å². The van der Waals surface area contributed by atoms with Gasteiger partial charge in [-0.1, -0.05) is 35.9 Å². The zero-order valence-electron chi connectivity index (χ0n) is 13.3. The number of amides is 1. The summed E-state index contributed by atoms with van der Waals surface area (Å²) in [5.41, 5.74) is 3.03. The molecule has 5 nitrogen and oxygen atoms in total. The van der Waals surface area contributed by atoms with Crippen LogP contribution in [0.4, 0.5) is 5.82 Å². The third kappa shape index (κ3) is 3.37. The molecule has 2 aromatic carbocycles. The topological polar surface area (TPSA) is 67.0 Å². The van der Waals surface area contributed by atoms with Crippen LogP contribution in [-0.4, -0.2) is 16.1 Å². The van der Waals surface area contributed by atoms with Gasteiger partial charge in [0.2, 0.25) is 5.91 Å². The van der Waals surface area contributed by atoms with Gasteiger partial charge >= 0.3 is 0 Å². The number of halogens is 1. The molecule has 3 aromatic rings. The van der Waals surface area contributed by atoms with E-state index in [2.05, 4.69) is 15.5 Å². The van der Waals surface area contributed by atoms with Crippen LogP contribution in [0.1, 0.15) is 29.0 Å². The van der Waals surface area contributed by atoms with Crippen molar-refractivity contribution in [2.75, 3.05) is 5.32 Å². The predicted molar refractivity (Wildman–Crippen MR) is 95.9 cm³/mol. The number of benzene rings is 2. The summed E-state index contributed by atoms with van der Waals surface area (Å²) in [5, 5.41) is 10.4. The molecule has 1 amide bonds. The van der Waals surface area contributed by atoms with Crippen LogP contribution in [0.5, 0.6) is 5.75 Å². The third-order valence-electron chi connectivity index (χ3n) is 4.25. The van der Waals surface area contributed by atoms with Crippen molar-refractivity contribution in [3.05, 3.63) is 76.4 Å². The molecule has 0 saturated carbocycles. The highest BCUT2D eigenvalue weighted by Gasteiger charge is 2.28. The number of aromatic nitrogens is 2. The second kappa shape index (κ2) is 6.61. The highest BCUT2D eigenvalue weighted by atomic mass is 35.5. The SMILES string of the molecule is O=C1C[C@H](c2cccc(OCc3cccc(Cl)c3)c2)c2cn[nH]c2N1. The molecule has 0 spiro atoms. The molecule has 2 heterocycles. The molecule has 4 rings (SSSR count). The number of nitrogens with zero attached hydrogens (tertiary/aromatic N) is 1. The number of nitrogens with one attached hydrogen (secondary N) is 2. The number of rotatable bonds is 4. The van der Waals surface area contributed by atoms with E-state index in [9.17, 15) is 4.79 Å². The Morgan fingerprint density at radius 1 is 1.20 bits per heavy atom. The highest BCUT2D eigenvalue weighted by Crippen LogP contribution is 2.36. The first kappa shape index (κ1) is 15.7. The summed E-state index contributed by atoms with van der Waals surface area (Å²) >= 11 is 6.00. The van der Waals surface area contributed by atoms with Crippen LogP contribution in [0.25, 0.3) is 0 Å². The van der Waals surface area contributed by atoms with Crippen LogP contribution in [0.15, 0.2) is 54.7 Å². The Kier molecular flexibility index (Phi) is 4.15. The van der Waals surface area contributed by atoms with Crippen molar-refractivity contribution in [2.24, 2.45) is 0 Å². The fourth-order valence-corrected chi connectivity index (χ4v) is 3.27. The van der Waals surface area contributed by atoms with Gasteiger partial charge in [0.25, 0.3) is 0 Å². The number of aromatic amines is 1. The summed E-state index contributed by atoms with van der Waals surface area (Å²) < 4.78 is 5.89. The van der Waals surface area contributed by atoms with Gasteiger partial charge in [-0.15, -0.1) is 0 Å². The van der Waals surface area contributed by atoms with Gasteiger partial charge in [0.05, 0.1) is 6.20 Å². The average Bonchev–Trinajstić information content (AvgIpc) is 3.08.